The molecular weight excluding hydrogens is 603 g/mol. The first-order valence-corrected chi connectivity index (χ1v) is 15.6. The number of carbonyl (C=O) groups is 1. The number of aromatic amines is 1. The minimum absolute atomic E-state index is 0.0311. The molecule has 0 bridgehead atoms. The normalized spacial score (nSPS) is 13.6. The van der Waals surface area contributed by atoms with E-state index >= 15 is 0 Å². The van der Waals surface area contributed by atoms with Crippen molar-refractivity contribution in [1.29, 1.82) is 0 Å². The van der Waals surface area contributed by atoms with E-state index in [1.807, 2.05) is 12.1 Å². The number of rotatable bonds is 7. The number of nitrogens with zero attached hydrogens (tertiary/aromatic N) is 4. The van der Waals surface area contributed by atoms with E-state index in [0.29, 0.717) is 48.5 Å². The zero-order chi connectivity index (χ0) is 30.8. The van der Waals surface area contributed by atoms with Crippen molar-refractivity contribution in [2.75, 3.05) is 50.6 Å². The maximum absolute atomic E-state index is 12.7. The van der Waals surface area contributed by atoms with Gasteiger partial charge in [-0.1, -0.05) is 18.2 Å². The first-order chi connectivity index (χ1) is 21.3. The molecule has 3 aromatic carbocycles. The fourth-order valence-electron chi connectivity index (χ4n) is 5.15. The highest BCUT2D eigenvalue weighted by Gasteiger charge is 2.24. The fraction of sp³-hybridized carbons (Fsp3) is 0.200. The molecule has 3 N–H and O–H groups in total. The number of aromatic nitrogens is 3. The van der Waals surface area contributed by atoms with Gasteiger partial charge in [-0.15, -0.1) is 0 Å². The van der Waals surface area contributed by atoms with Crippen molar-refractivity contribution in [3.63, 3.8) is 0 Å². The van der Waals surface area contributed by atoms with E-state index < -0.39 is 15.9 Å². The summed E-state index contributed by atoms with van der Waals surface area (Å²) in [5, 5.41) is 5.56. The Morgan fingerprint density at radius 1 is 0.932 bits per heavy atom. The van der Waals surface area contributed by atoms with Crippen LogP contribution in [0.15, 0.2) is 78.0 Å². The Kier molecular flexibility index (Phi) is 7.93. The number of carbonyl (C=O) groups excluding carboxylic acids is 1. The van der Waals surface area contributed by atoms with Crippen LogP contribution in [-0.4, -0.2) is 79.7 Å². The zero-order valence-corrected chi connectivity index (χ0v) is 25.5. The Morgan fingerprint density at radius 3 is 2.30 bits per heavy atom. The summed E-state index contributed by atoms with van der Waals surface area (Å²) in [6.45, 7) is 2.64. The summed E-state index contributed by atoms with van der Waals surface area (Å²) in [6, 6.07) is 18.1. The van der Waals surface area contributed by atoms with Gasteiger partial charge in [0.15, 0.2) is 16.6 Å². The molecule has 0 aliphatic carbocycles. The second kappa shape index (κ2) is 12.0. The number of amides is 1. The molecule has 1 amide bonds. The number of H-pyrrole nitrogens is 1. The van der Waals surface area contributed by atoms with Gasteiger partial charge in [0.05, 0.1) is 30.0 Å². The van der Waals surface area contributed by atoms with E-state index in [4.69, 9.17) is 21.7 Å². The highest BCUT2D eigenvalue weighted by molar-refractivity contribution is 7.90. The van der Waals surface area contributed by atoms with E-state index in [-0.39, 0.29) is 10.5 Å². The molecule has 0 radical (unpaired) electrons. The first-order valence-electron chi connectivity index (χ1n) is 13.7. The van der Waals surface area contributed by atoms with Gasteiger partial charge in [-0.2, -0.15) is 0 Å². The van der Waals surface area contributed by atoms with Gasteiger partial charge in [0, 0.05) is 48.9 Å². The molecule has 1 fully saturated rings. The molecule has 226 valence electrons. The Labute approximate surface area is 259 Å². The summed E-state index contributed by atoms with van der Waals surface area (Å²) < 4.78 is 38.5. The molecule has 1 aliphatic heterocycles. The van der Waals surface area contributed by atoms with Crippen LogP contribution >= 0.6 is 12.2 Å². The molecule has 12 nitrogen and oxygen atoms in total. The van der Waals surface area contributed by atoms with Crippen molar-refractivity contribution in [3.05, 3.63) is 78.6 Å². The number of methoxy groups -OCH3 is 2. The summed E-state index contributed by atoms with van der Waals surface area (Å²) in [5.41, 5.74) is 2.49. The van der Waals surface area contributed by atoms with Gasteiger partial charge >= 0.3 is 0 Å². The Balaban J connectivity index is 1.11. The van der Waals surface area contributed by atoms with Crippen LogP contribution < -0.4 is 24.4 Å². The standard InChI is InChI=1S/C30H29N7O5S2/c1-41-24-16-22-23(17-25(24)42-2)34-27-26(22)28(32-18-31-27)36-12-14-37(15-13-36)30(43)33-20-8-10-21(11-9-20)44(39,40)35-29(38)19-6-4-3-5-7-19/h3-11,16-18H,12-15H2,1-2H3,(H,33,43)(H,35,38)(H,31,32,34). The Hall–Kier alpha value is -4.95. The fourth-order valence-corrected chi connectivity index (χ4v) is 6.42. The number of fused-ring (bicyclic) bond motifs is 3. The second-order valence-corrected chi connectivity index (χ2v) is 12.1. The minimum atomic E-state index is -4.04. The molecule has 5 aromatic rings. The molecule has 44 heavy (non-hydrogen) atoms. The third-order valence-corrected chi connectivity index (χ3v) is 9.13. The van der Waals surface area contributed by atoms with Crippen molar-refractivity contribution in [2.45, 2.75) is 4.90 Å². The number of hydrogen-bond acceptors (Lipinski definition) is 9. The Morgan fingerprint density at radius 2 is 1.61 bits per heavy atom. The van der Waals surface area contributed by atoms with Crippen LogP contribution in [0, 0.1) is 0 Å². The molecular formula is C30H29N7O5S2. The molecule has 1 saturated heterocycles. The van der Waals surface area contributed by atoms with Crippen molar-refractivity contribution in [2.24, 2.45) is 0 Å². The van der Waals surface area contributed by atoms with Gasteiger partial charge < -0.3 is 29.6 Å². The summed E-state index contributed by atoms with van der Waals surface area (Å²) in [4.78, 5) is 29.0. The number of thiocarbonyl (C=S) groups is 1. The molecule has 0 saturated carbocycles. The number of benzene rings is 3. The Bertz CT molecular complexity index is 1960. The predicted octanol–water partition coefficient (Wildman–Crippen LogP) is 3.77. The van der Waals surface area contributed by atoms with E-state index in [2.05, 4.69) is 34.8 Å². The molecule has 14 heteroatoms. The van der Waals surface area contributed by atoms with Gasteiger partial charge in [0.1, 0.15) is 17.8 Å². The second-order valence-electron chi connectivity index (χ2n) is 10.0. The van der Waals surface area contributed by atoms with E-state index in [1.165, 1.54) is 12.1 Å². The molecule has 1 aliphatic rings. The van der Waals surface area contributed by atoms with Crippen LogP contribution in [0.3, 0.4) is 0 Å². The average molecular weight is 632 g/mol. The lowest BCUT2D eigenvalue weighted by Crippen LogP contribution is -2.50. The van der Waals surface area contributed by atoms with Crippen molar-refractivity contribution >= 4 is 66.7 Å². The number of ether oxygens (including phenoxy) is 2. The first kappa shape index (κ1) is 29.1. The van der Waals surface area contributed by atoms with Crippen molar-refractivity contribution in [1.82, 2.24) is 24.6 Å². The van der Waals surface area contributed by atoms with Crippen molar-refractivity contribution < 1.29 is 22.7 Å². The lowest BCUT2D eigenvalue weighted by atomic mass is 10.1. The highest BCUT2D eigenvalue weighted by atomic mass is 32.2. The molecule has 2 aromatic heterocycles. The average Bonchev–Trinajstić information content (AvgIpc) is 3.42. The number of hydrogen-bond donors (Lipinski definition) is 3. The summed E-state index contributed by atoms with van der Waals surface area (Å²) in [7, 11) is -0.833. The number of sulfonamides is 1. The number of anilines is 2. The summed E-state index contributed by atoms with van der Waals surface area (Å²) in [6.07, 6.45) is 1.55. The van der Waals surface area contributed by atoms with E-state index in [0.717, 1.165) is 27.8 Å². The lowest BCUT2D eigenvalue weighted by Gasteiger charge is -2.37. The monoisotopic (exact) mass is 631 g/mol. The number of nitrogens with one attached hydrogen (secondary N) is 3. The molecule has 0 unspecified atom stereocenters. The summed E-state index contributed by atoms with van der Waals surface area (Å²) >= 11 is 5.67. The van der Waals surface area contributed by atoms with Gasteiger partial charge in [-0.3, -0.25) is 4.79 Å². The lowest BCUT2D eigenvalue weighted by molar-refractivity contribution is 0.0981. The van der Waals surface area contributed by atoms with E-state index in [1.54, 1.807) is 63.0 Å². The van der Waals surface area contributed by atoms with Gasteiger partial charge in [0.2, 0.25) is 0 Å². The number of piperazine rings is 1. The maximum atomic E-state index is 12.7. The quantitative estimate of drug-likeness (QED) is 0.226. The predicted molar refractivity (Wildman–Crippen MR) is 172 cm³/mol. The summed E-state index contributed by atoms with van der Waals surface area (Å²) in [5.74, 6) is 1.38. The van der Waals surface area contributed by atoms with Crippen LogP contribution in [0.5, 0.6) is 11.5 Å². The van der Waals surface area contributed by atoms with Crippen LogP contribution in [-0.2, 0) is 10.0 Å². The third-order valence-electron chi connectivity index (χ3n) is 7.42. The van der Waals surface area contributed by atoms with E-state index in [9.17, 15) is 13.2 Å². The SMILES string of the molecule is COc1cc2[nH]c3ncnc(N4CCN(C(=S)Nc5ccc(S(=O)(=O)NC(=O)c6ccccc6)cc5)CC4)c3c2cc1OC. The van der Waals surface area contributed by atoms with Crippen LogP contribution in [0.25, 0.3) is 21.9 Å². The molecule has 6 rings (SSSR count). The molecule has 0 spiro atoms. The highest BCUT2D eigenvalue weighted by Crippen LogP contribution is 2.38. The van der Waals surface area contributed by atoms with Crippen LogP contribution in [0.2, 0.25) is 0 Å². The smallest absolute Gasteiger partial charge is 0.264 e. The van der Waals surface area contributed by atoms with Gasteiger partial charge in [0.25, 0.3) is 15.9 Å². The van der Waals surface area contributed by atoms with Crippen LogP contribution in [0.1, 0.15) is 10.4 Å². The zero-order valence-electron chi connectivity index (χ0n) is 23.9. The van der Waals surface area contributed by atoms with Crippen LogP contribution in [0.4, 0.5) is 11.5 Å². The molecule has 3 heterocycles. The van der Waals surface area contributed by atoms with Gasteiger partial charge in [-0.05, 0) is 54.7 Å². The third kappa shape index (κ3) is 5.68. The maximum Gasteiger partial charge on any atom is 0.264 e. The van der Waals surface area contributed by atoms with Crippen molar-refractivity contribution in [3.8, 4) is 11.5 Å². The largest absolute Gasteiger partial charge is 0.493 e. The molecule has 0 atom stereocenters. The minimum Gasteiger partial charge on any atom is -0.493 e. The topological polar surface area (TPSA) is 142 Å². The van der Waals surface area contributed by atoms with Gasteiger partial charge in [-0.25, -0.2) is 23.1 Å².